The zero-order valence-electron chi connectivity index (χ0n) is 11.3. The molecule has 1 saturated heterocycles. The summed E-state index contributed by atoms with van der Waals surface area (Å²) in [6.45, 7) is 7.29. The zero-order valence-corrected chi connectivity index (χ0v) is 11.3. The Hall–Kier alpha value is -1.69. The van der Waals surface area contributed by atoms with E-state index in [0.29, 0.717) is 17.8 Å². The molecule has 2 heterocycles. The van der Waals surface area contributed by atoms with E-state index in [9.17, 15) is 4.79 Å². The van der Waals surface area contributed by atoms with Crippen molar-refractivity contribution in [2.45, 2.75) is 26.3 Å². The van der Waals surface area contributed by atoms with Crippen LogP contribution in [0.5, 0.6) is 0 Å². The van der Waals surface area contributed by atoms with Crippen molar-refractivity contribution in [1.82, 2.24) is 15.1 Å². The zero-order chi connectivity index (χ0) is 13.8. The van der Waals surface area contributed by atoms with E-state index in [-0.39, 0.29) is 5.56 Å². The normalized spacial score (nSPS) is 19.8. The molecule has 0 aliphatic carbocycles. The van der Waals surface area contributed by atoms with E-state index in [2.05, 4.69) is 34.3 Å². The largest absolute Gasteiger partial charge is 0.478 e. The number of hydrogen-bond acceptors (Lipinski definition) is 5. The molecule has 1 aliphatic heterocycles. The van der Waals surface area contributed by atoms with Crippen LogP contribution >= 0.6 is 0 Å². The molecule has 0 radical (unpaired) electrons. The third kappa shape index (κ3) is 3.41. The maximum absolute atomic E-state index is 11.0. The number of anilines is 1. The van der Waals surface area contributed by atoms with Crippen LogP contribution in [-0.4, -0.2) is 51.8 Å². The highest BCUT2D eigenvalue weighted by Gasteiger charge is 2.24. The second-order valence-corrected chi connectivity index (χ2v) is 5.22. The molecule has 0 bridgehead atoms. The number of rotatable bonds is 5. The third-order valence-electron chi connectivity index (χ3n) is 3.56. The molecule has 19 heavy (non-hydrogen) atoms. The van der Waals surface area contributed by atoms with E-state index >= 15 is 0 Å². The first kappa shape index (κ1) is 13.7. The molecule has 1 fully saturated rings. The van der Waals surface area contributed by atoms with Crippen LogP contribution in [0.25, 0.3) is 0 Å². The van der Waals surface area contributed by atoms with Gasteiger partial charge in [0, 0.05) is 19.1 Å². The Bertz CT molecular complexity index is 450. The molecule has 1 aliphatic rings. The second-order valence-electron chi connectivity index (χ2n) is 5.22. The van der Waals surface area contributed by atoms with Gasteiger partial charge in [-0.15, -0.1) is 5.10 Å². The average molecular weight is 264 g/mol. The highest BCUT2D eigenvalue weighted by molar-refractivity contribution is 5.92. The summed E-state index contributed by atoms with van der Waals surface area (Å²) in [7, 11) is 0. The molecule has 1 aromatic rings. The summed E-state index contributed by atoms with van der Waals surface area (Å²) in [5.74, 6) is -0.0864. The predicted molar refractivity (Wildman–Crippen MR) is 72.3 cm³/mol. The van der Waals surface area contributed by atoms with Crippen LogP contribution in [0.1, 0.15) is 30.6 Å². The van der Waals surface area contributed by atoms with Crippen molar-refractivity contribution in [3.05, 3.63) is 17.8 Å². The highest BCUT2D eigenvalue weighted by Crippen LogP contribution is 2.19. The third-order valence-corrected chi connectivity index (χ3v) is 3.56. The van der Waals surface area contributed by atoms with Gasteiger partial charge in [0.2, 0.25) is 0 Å². The highest BCUT2D eigenvalue weighted by atomic mass is 16.4. The lowest BCUT2D eigenvalue weighted by Crippen LogP contribution is -2.29. The number of carboxylic acids is 1. The number of aromatic nitrogens is 2. The van der Waals surface area contributed by atoms with Gasteiger partial charge in [-0.25, -0.2) is 4.79 Å². The van der Waals surface area contributed by atoms with Crippen LogP contribution in [0.15, 0.2) is 12.3 Å². The van der Waals surface area contributed by atoms with Gasteiger partial charge in [-0.05, 0) is 38.8 Å². The molecule has 0 spiro atoms. The molecule has 104 valence electrons. The minimum Gasteiger partial charge on any atom is -0.478 e. The summed E-state index contributed by atoms with van der Waals surface area (Å²) in [6.07, 6.45) is 2.53. The summed E-state index contributed by atoms with van der Waals surface area (Å²) in [5.41, 5.74) is 0.175. The summed E-state index contributed by atoms with van der Waals surface area (Å²) in [6, 6.07) is 2.03. The Balaban J connectivity index is 1.91. The maximum Gasteiger partial charge on any atom is 0.339 e. The number of carbonyl (C=O) groups is 1. The Labute approximate surface area is 112 Å². The lowest BCUT2D eigenvalue weighted by Gasteiger charge is -2.20. The molecule has 2 rings (SSSR count). The lowest BCUT2D eigenvalue weighted by atomic mass is 10.1. The van der Waals surface area contributed by atoms with Crippen LogP contribution in [0.2, 0.25) is 0 Å². The van der Waals surface area contributed by atoms with Crippen molar-refractivity contribution in [1.29, 1.82) is 0 Å². The molecule has 1 atom stereocenters. The minimum absolute atomic E-state index is 0.175. The quantitative estimate of drug-likeness (QED) is 0.835. The second kappa shape index (κ2) is 5.97. The molecular formula is C13H20N4O2. The van der Waals surface area contributed by atoms with E-state index in [4.69, 9.17) is 5.11 Å². The Morgan fingerprint density at radius 1 is 1.63 bits per heavy atom. The van der Waals surface area contributed by atoms with Gasteiger partial charge in [0.05, 0.1) is 6.20 Å². The van der Waals surface area contributed by atoms with Crippen LogP contribution in [0.3, 0.4) is 0 Å². The first-order valence-electron chi connectivity index (χ1n) is 6.61. The minimum atomic E-state index is -0.979. The van der Waals surface area contributed by atoms with Gasteiger partial charge in [0.1, 0.15) is 5.56 Å². The van der Waals surface area contributed by atoms with Crippen molar-refractivity contribution in [2.24, 2.45) is 5.92 Å². The van der Waals surface area contributed by atoms with Gasteiger partial charge in [0.15, 0.2) is 5.82 Å². The number of nitrogens with one attached hydrogen (secondary N) is 1. The van der Waals surface area contributed by atoms with Crippen LogP contribution in [0, 0.1) is 5.92 Å². The molecule has 6 nitrogen and oxygen atoms in total. The molecule has 0 amide bonds. The number of aromatic carboxylic acids is 1. The van der Waals surface area contributed by atoms with E-state index in [1.165, 1.54) is 12.3 Å². The van der Waals surface area contributed by atoms with Crippen molar-refractivity contribution in [2.75, 3.05) is 25.0 Å². The summed E-state index contributed by atoms with van der Waals surface area (Å²) in [4.78, 5) is 13.5. The van der Waals surface area contributed by atoms with Crippen LogP contribution < -0.4 is 5.32 Å². The van der Waals surface area contributed by atoms with Gasteiger partial charge in [-0.3, -0.25) is 0 Å². The fourth-order valence-corrected chi connectivity index (χ4v) is 2.37. The van der Waals surface area contributed by atoms with E-state index < -0.39 is 5.97 Å². The smallest absolute Gasteiger partial charge is 0.339 e. The number of likely N-dealkylation sites (tertiary alicyclic amines) is 1. The number of carboxylic acid groups (broad SMARTS) is 1. The molecular weight excluding hydrogens is 244 g/mol. The van der Waals surface area contributed by atoms with Gasteiger partial charge in [-0.2, -0.15) is 5.10 Å². The van der Waals surface area contributed by atoms with Crippen LogP contribution in [-0.2, 0) is 0 Å². The molecule has 1 aromatic heterocycles. The topological polar surface area (TPSA) is 78.3 Å². The molecule has 6 heteroatoms. The van der Waals surface area contributed by atoms with Gasteiger partial charge < -0.3 is 15.3 Å². The van der Waals surface area contributed by atoms with Crippen molar-refractivity contribution < 1.29 is 9.90 Å². The monoisotopic (exact) mass is 264 g/mol. The SMILES string of the molecule is CC(C)N1CCC(CNc2nnccc2C(=O)O)C1. The Kier molecular flexibility index (Phi) is 4.31. The lowest BCUT2D eigenvalue weighted by molar-refractivity contribution is 0.0697. The van der Waals surface area contributed by atoms with Gasteiger partial charge in [-0.1, -0.05) is 0 Å². The maximum atomic E-state index is 11.0. The fraction of sp³-hybridized carbons (Fsp3) is 0.615. The molecule has 0 aromatic carbocycles. The summed E-state index contributed by atoms with van der Waals surface area (Å²) >= 11 is 0. The molecule has 1 unspecified atom stereocenters. The summed E-state index contributed by atoms with van der Waals surface area (Å²) in [5, 5.41) is 19.8. The van der Waals surface area contributed by atoms with Gasteiger partial charge in [0.25, 0.3) is 0 Å². The first-order valence-corrected chi connectivity index (χ1v) is 6.61. The van der Waals surface area contributed by atoms with Gasteiger partial charge >= 0.3 is 5.97 Å². The van der Waals surface area contributed by atoms with Crippen molar-refractivity contribution in [3.63, 3.8) is 0 Å². The number of nitrogens with zero attached hydrogens (tertiary/aromatic N) is 3. The average Bonchev–Trinajstić information content (AvgIpc) is 2.85. The van der Waals surface area contributed by atoms with E-state index in [0.717, 1.165) is 26.1 Å². The van der Waals surface area contributed by atoms with Crippen molar-refractivity contribution in [3.8, 4) is 0 Å². The van der Waals surface area contributed by atoms with Crippen LogP contribution in [0.4, 0.5) is 5.82 Å². The molecule has 0 saturated carbocycles. The standard InChI is InChI=1S/C13H20N4O2/c1-9(2)17-6-4-10(8-17)7-14-12-11(13(18)19)3-5-15-16-12/h3,5,9-10H,4,6-8H2,1-2H3,(H,14,16)(H,18,19). The molecule has 2 N–H and O–H groups in total. The summed E-state index contributed by atoms with van der Waals surface area (Å²) < 4.78 is 0. The first-order chi connectivity index (χ1) is 9.08. The van der Waals surface area contributed by atoms with E-state index in [1.54, 1.807) is 0 Å². The van der Waals surface area contributed by atoms with Crippen molar-refractivity contribution >= 4 is 11.8 Å². The van der Waals surface area contributed by atoms with E-state index in [1.807, 2.05) is 0 Å². The fourth-order valence-electron chi connectivity index (χ4n) is 2.37. The Morgan fingerprint density at radius 2 is 2.42 bits per heavy atom. The predicted octanol–water partition coefficient (Wildman–Crippen LogP) is 1.32. The number of hydrogen-bond donors (Lipinski definition) is 2. The Morgan fingerprint density at radius 3 is 3.05 bits per heavy atom.